The van der Waals surface area contributed by atoms with Crippen molar-refractivity contribution >= 4 is 17.8 Å². The average Bonchev–Trinajstić information content (AvgIpc) is 2.78. The number of hydrogen-bond acceptors (Lipinski definition) is 4. The Hall–Kier alpha value is -2.44. The maximum Gasteiger partial charge on any atom is 0.326 e. The van der Waals surface area contributed by atoms with E-state index in [0.717, 1.165) is 24.8 Å². The third kappa shape index (κ3) is 6.17. The van der Waals surface area contributed by atoms with Gasteiger partial charge in [-0.3, -0.25) is 14.4 Å². The Morgan fingerprint density at radius 3 is 2.68 bits per heavy atom. The number of likely N-dealkylation sites (tertiary alicyclic amines) is 1. The fraction of sp³-hybridized carbons (Fsp3) is 0.500. The normalized spacial score (nSPS) is 16.1. The van der Waals surface area contributed by atoms with Crippen molar-refractivity contribution in [3.63, 3.8) is 0 Å². The number of benzene rings is 1. The van der Waals surface area contributed by atoms with Crippen molar-refractivity contribution in [2.75, 3.05) is 13.1 Å². The molecule has 1 aromatic carbocycles. The van der Waals surface area contributed by atoms with Gasteiger partial charge in [-0.1, -0.05) is 18.6 Å². The molecule has 1 aliphatic rings. The van der Waals surface area contributed by atoms with Gasteiger partial charge in [0, 0.05) is 19.5 Å². The smallest absolute Gasteiger partial charge is 0.326 e. The molecule has 0 bridgehead atoms. The van der Waals surface area contributed by atoms with Crippen LogP contribution < -0.4 is 5.32 Å². The molecule has 1 unspecified atom stereocenters. The van der Waals surface area contributed by atoms with Gasteiger partial charge in [0.25, 0.3) is 5.91 Å². The summed E-state index contributed by atoms with van der Waals surface area (Å²) in [7, 11) is 0. The van der Waals surface area contributed by atoms with Gasteiger partial charge < -0.3 is 15.0 Å². The van der Waals surface area contributed by atoms with Crippen LogP contribution in [-0.4, -0.2) is 41.9 Å². The summed E-state index contributed by atoms with van der Waals surface area (Å²) in [6, 6.07) is 5.75. The summed E-state index contributed by atoms with van der Waals surface area (Å²) in [4.78, 5) is 37.3. The van der Waals surface area contributed by atoms with Gasteiger partial charge in [0.2, 0.25) is 5.91 Å². The fourth-order valence-electron chi connectivity index (χ4n) is 2.58. The van der Waals surface area contributed by atoms with Crippen molar-refractivity contribution in [2.24, 2.45) is 0 Å². The van der Waals surface area contributed by atoms with Crippen molar-refractivity contribution in [3.8, 4) is 0 Å². The summed E-state index contributed by atoms with van der Waals surface area (Å²) in [6.45, 7) is 2.10. The molecule has 1 heterocycles. The van der Waals surface area contributed by atoms with Crippen molar-refractivity contribution < 1.29 is 23.5 Å². The Labute approximate surface area is 146 Å². The Kier molecular flexibility index (Phi) is 6.91. The van der Waals surface area contributed by atoms with Crippen molar-refractivity contribution in [2.45, 2.75) is 45.3 Å². The lowest BCUT2D eigenvalue weighted by Crippen LogP contribution is -2.40. The van der Waals surface area contributed by atoms with E-state index in [1.54, 1.807) is 12.1 Å². The molecule has 1 fully saturated rings. The van der Waals surface area contributed by atoms with E-state index in [2.05, 4.69) is 5.32 Å². The molecule has 6 nitrogen and oxygen atoms in total. The van der Waals surface area contributed by atoms with Crippen molar-refractivity contribution in [1.82, 2.24) is 10.2 Å². The molecule has 1 atom stereocenters. The highest BCUT2D eigenvalue weighted by atomic mass is 19.1. The molecular weight excluding hydrogens is 327 g/mol. The van der Waals surface area contributed by atoms with Crippen molar-refractivity contribution in [1.29, 1.82) is 0 Å². The van der Waals surface area contributed by atoms with Gasteiger partial charge in [-0.2, -0.15) is 0 Å². The van der Waals surface area contributed by atoms with Crippen LogP contribution in [0.15, 0.2) is 24.3 Å². The van der Waals surface area contributed by atoms with Gasteiger partial charge in [0.15, 0.2) is 6.10 Å². The molecule has 7 heteroatoms. The van der Waals surface area contributed by atoms with Crippen LogP contribution in [-0.2, 0) is 25.7 Å². The van der Waals surface area contributed by atoms with Crippen LogP contribution in [0.4, 0.5) is 4.39 Å². The van der Waals surface area contributed by atoms with Crippen LogP contribution in [0.1, 0.15) is 38.2 Å². The molecule has 2 rings (SSSR count). The number of rotatable bonds is 6. The topological polar surface area (TPSA) is 75.7 Å². The molecule has 0 aliphatic carbocycles. The largest absolute Gasteiger partial charge is 0.451 e. The molecule has 136 valence electrons. The van der Waals surface area contributed by atoms with E-state index in [4.69, 9.17) is 4.74 Å². The predicted molar refractivity (Wildman–Crippen MR) is 88.8 cm³/mol. The van der Waals surface area contributed by atoms with Crippen LogP contribution in [0.5, 0.6) is 0 Å². The second kappa shape index (κ2) is 9.15. The highest BCUT2D eigenvalue weighted by molar-refractivity contribution is 5.85. The number of nitrogens with zero attached hydrogens (tertiary/aromatic N) is 1. The van der Waals surface area contributed by atoms with Gasteiger partial charge in [-0.05, 0) is 37.5 Å². The molecule has 0 spiro atoms. The summed E-state index contributed by atoms with van der Waals surface area (Å²) < 4.78 is 17.9. The number of hydrogen-bond donors (Lipinski definition) is 1. The first-order valence-electron chi connectivity index (χ1n) is 8.45. The third-order valence-corrected chi connectivity index (χ3v) is 4.05. The maximum absolute atomic E-state index is 12.8. The van der Waals surface area contributed by atoms with Crippen molar-refractivity contribution in [3.05, 3.63) is 35.6 Å². The monoisotopic (exact) mass is 350 g/mol. The number of carbonyl (C=O) groups is 3. The van der Waals surface area contributed by atoms with E-state index >= 15 is 0 Å². The SMILES string of the molecule is CC(OC(=O)CN1CCCCCC1=O)C(=O)NCc1ccc(F)cc1. The molecule has 2 amide bonds. The fourth-order valence-corrected chi connectivity index (χ4v) is 2.58. The van der Waals surface area contributed by atoms with Gasteiger partial charge >= 0.3 is 5.97 Å². The third-order valence-electron chi connectivity index (χ3n) is 4.05. The predicted octanol–water partition coefficient (Wildman–Crippen LogP) is 1.78. The quantitative estimate of drug-likeness (QED) is 0.794. The lowest BCUT2D eigenvalue weighted by Gasteiger charge is -2.20. The minimum Gasteiger partial charge on any atom is -0.451 e. The number of amides is 2. The molecular formula is C18H23FN2O4. The lowest BCUT2D eigenvalue weighted by atomic mass is 10.2. The Morgan fingerprint density at radius 2 is 1.96 bits per heavy atom. The molecule has 1 aliphatic heterocycles. The molecule has 1 saturated heterocycles. The molecule has 0 aromatic heterocycles. The standard InChI is InChI=1S/C18H23FN2O4/c1-13(18(24)20-11-14-6-8-15(19)9-7-14)25-17(23)12-21-10-4-2-3-5-16(21)22/h6-9,13H,2-5,10-12H2,1H3,(H,20,24). The van der Waals surface area contributed by atoms with Gasteiger partial charge in [-0.25, -0.2) is 4.39 Å². The lowest BCUT2D eigenvalue weighted by molar-refractivity contribution is -0.157. The zero-order valence-electron chi connectivity index (χ0n) is 14.3. The van der Waals surface area contributed by atoms with E-state index in [9.17, 15) is 18.8 Å². The Bertz CT molecular complexity index is 618. The number of halogens is 1. The van der Waals surface area contributed by atoms with E-state index in [-0.39, 0.29) is 24.8 Å². The molecule has 0 saturated carbocycles. The summed E-state index contributed by atoms with van der Waals surface area (Å²) in [5, 5.41) is 2.63. The molecule has 25 heavy (non-hydrogen) atoms. The number of esters is 1. The minimum absolute atomic E-state index is 0.0529. The van der Waals surface area contributed by atoms with E-state index in [1.165, 1.54) is 24.0 Å². The zero-order chi connectivity index (χ0) is 18.2. The van der Waals surface area contributed by atoms with E-state index < -0.39 is 18.0 Å². The second-order valence-electron chi connectivity index (χ2n) is 6.10. The first-order chi connectivity index (χ1) is 12.0. The zero-order valence-corrected chi connectivity index (χ0v) is 14.3. The highest BCUT2D eigenvalue weighted by Gasteiger charge is 2.23. The number of ether oxygens (including phenoxy) is 1. The highest BCUT2D eigenvalue weighted by Crippen LogP contribution is 2.11. The van der Waals surface area contributed by atoms with Crippen LogP contribution in [0.25, 0.3) is 0 Å². The maximum atomic E-state index is 12.8. The van der Waals surface area contributed by atoms with Gasteiger partial charge in [0.05, 0.1) is 0 Å². The van der Waals surface area contributed by atoms with Crippen LogP contribution in [0, 0.1) is 5.82 Å². The first-order valence-corrected chi connectivity index (χ1v) is 8.45. The molecule has 0 radical (unpaired) electrons. The van der Waals surface area contributed by atoms with Crippen LogP contribution in [0.2, 0.25) is 0 Å². The first kappa shape index (κ1) is 18.9. The summed E-state index contributed by atoms with van der Waals surface area (Å²) in [6.07, 6.45) is 2.16. The van der Waals surface area contributed by atoms with Gasteiger partial charge in [-0.15, -0.1) is 0 Å². The van der Waals surface area contributed by atoms with E-state index in [0.29, 0.717) is 13.0 Å². The van der Waals surface area contributed by atoms with E-state index in [1.807, 2.05) is 0 Å². The number of nitrogens with one attached hydrogen (secondary N) is 1. The number of carbonyl (C=O) groups excluding carboxylic acids is 3. The average molecular weight is 350 g/mol. The Morgan fingerprint density at radius 1 is 1.24 bits per heavy atom. The second-order valence-corrected chi connectivity index (χ2v) is 6.10. The molecule has 1 aromatic rings. The summed E-state index contributed by atoms with van der Waals surface area (Å²) >= 11 is 0. The van der Waals surface area contributed by atoms with Crippen LogP contribution in [0.3, 0.4) is 0 Å². The summed E-state index contributed by atoms with van der Waals surface area (Å²) in [5.74, 6) is -1.44. The van der Waals surface area contributed by atoms with Gasteiger partial charge in [0.1, 0.15) is 12.4 Å². The van der Waals surface area contributed by atoms with Crippen LogP contribution >= 0.6 is 0 Å². The molecule has 1 N–H and O–H groups in total. The Balaban J connectivity index is 1.76. The minimum atomic E-state index is -0.963. The summed E-state index contributed by atoms with van der Waals surface area (Å²) in [5.41, 5.74) is 0.739.